The van der Waals surface area contributed by atoms with Gasteiger partial charge in [-0.25, -0.2) is 4.99 Å². The average Bonchev–Trinajstić information content (AvgIpc) is 3.55. The summed E-state index contributed by atoms with van der Waals surface area (Å²) < 4.78 is 11.7. The number of nitrogens with zero attached hydrogens (tertiary/aromatic N) is 2. The molecule has 0 radical (unpaired) electrons. The normalized spacial score (nSPS) is 21.1. The molecule has 6 rings (SSSR count). The Hall–Kier alpha value is -4.30. The standard InChI is InChI=1S/C28H21N3O2/c29-15-24(27-30-25(16-32-27)22-11-9-18-5-1-3-7-20(18)13-22)28-31-26(17-33-28)23-12-10-19-6-2-4-8-21(19)14-23/h1-14,25-26,30H,16-17H2/b27-24-/t25-,26-/m1/s1. The zero-order valence-corrected chi connectivity index (χ0v) is 17.9. The lowest BCUT2D eigenvalue weighted by atomic mass is 10.0. The van der Waals surface area contributed by atoms with Crippen molar-refractivity contribution in [3.63, 3.8) is 0 Å². The van der Waals surface area contributed by atoms with Crippen molar-refractivity contribution in [2.45, 2.75) is 12.1 Å². The maximum Gasteiger partial charge on any atom is 0.233 e. The Morgan fingerprint density at radius 2 is 1.42 bits per heavy atom. The van der Waals surface area contributed by atoms with Gasteiger partial charge in [0.2, 0.25) is 11.8 Å². The molecule has 0 amide bonds. The fourth-order valence-corrected chi connectivity index (χ4v) is 4.45. The zero-order valence-electron chi connectivity index (χ0n) is 17.9. The number of fused-ring (bicyclic) bond motifs is 2. The largest absolute Gasteiger partial charge is 0.476 e. The van der Waals surface area contributed by atoms with Gasteiger partial charge in [0, 0.05) is 0 Å². The summed E-state index contributed by atoms with van der Waals surface area (Å²) in [6.07, 6.45) is 0. The summed E-state index contributed by atoms with van der Waals surface area (Å²) in [6.45, 7) is 0.848. The van der Waals surface area contributed by atoms with E-state index in [1.54, 1.807) is 0 Å². The van der Waals surface area contributed by atoms with Crippen LogP contribution in [0.5, 0.6) is 0 Å². The molecule has 2 aliphatic heterocycles. The van der Waals surface area contributed by atoms with Gasteiger partial charge in [-0.05, 0) is 44.8 Å². The van der Waals surface area contributed by atoms with E-state index in [4.69, 9.17) is 14.5 Å². The molecule has 1 N–H and O–H groups in total. The molecule has 33 heavy (non-hydrogen) atoms. The van der Waals surface area contributed by atoms with Gasteiger partial charge in [0.1, 0.15) is 25.3 Å². The highest BCUT2D eigenvalue weighted by atomic mass is 16.5. The lowest BCUT2D eigenvalue weighted by Gasteiger charge is -2.10. The molecule has 0 unspecified atom stereocenters. The predicted molar refractivity (Wildman–Crippen MR) is 128 cm³/mol. The highest BCUT2D eigenvalue weighted by Gasteiger charge is 2.31. The molecule has 5 nitrogen and oxygen atoms in total. The van der Waals surface area contributed by atoms with Crippen molar-refractivity contribution in [1.82, 2.24) is 5.32 Å². The van der Waals surface area contributed by atoms with E-state index in [2.05, 4.69) is 72.0 Å². The number of hydrogen-bond donors (Lipinski definition) is 1. The molecule has 2 heterocycles. The molecular formula is C28H21N3O2. The van der Waals surface area contributed by atoms with E-state index in [9.17, 15) is 5.26 Å². The second-order valence-corrected chi connectivity index (χ2v) is 8.30. The zero-order chi connectivity index (χ0) is 22.2. The quantitative estimate of drug-likeness (QED) is 0.431. The molecular weight excluding hydrogens is 410 g/mol. The summed E-state index contributed by atoms with van der Waals surface area (Å²) in [6, 6.07) is 31.2. The summed E-state index contributed by atoms with van der Waals surface area (Å²) in [4.78, 5) is 4.71. The first-order chi connectivity index (χ1) is 16.3. The topological polar surface area (TPSA) is 66.6 Å². The first kappa shape index (κ1) is 19.4. The number of rotatable bonds is 3. The molecule has 4 aromatic carbocycles. The van der Waals surface area contributed by atoms with Gasteiger partial charge in [-0.2, -0.15) is 5.26 Å². The van der Waals surface area contributed by atoms with Gasteiger partial charge in [0.05, 0.1) is 6.04 Å². The third kappa shape index (κ3) is 3.56. The molecule has 0 aromatic heterocycles. The van der Waals surface area contributed by atoms with E-state index in [0.29, 0.717) is 30.6 Å². The molecule has 0 spiro atoms. The van der Waals surface area contributed by atoms with E-state index in [1.165, 1.54) is 16.2 Å². The fourth-order valence-electron chi connectivity index (χ4n) is 4.45. The lowest BCUT2D eigenvalue weighted by molar-refractivity contribution is 0.251. The van der Waals surface area contributed by atoms with Crippen LogP contribution in [0.3, 0.4) is 0 Å². The number of hydrogen-bond acceptors (Lipinski definition) is 5. The van der Waals surface area contributed by atoms with E-state index < -0.39 is 0 Å². The van der Waals surface area contributed by atoms with E-state index in [0.717, 1.165) is 16.5 Å². The average molecular weight is 431 g/mol. The van der Waals surface area contributed by atoms with Crippen molar-refractivity contribution in [1.29, 1.82) is 5.26 Å². The van der Waals surface area contributed by atoms with Crippen LogP contribution in [-0.2, 0) is 9.47 Å². The minimum atomic E-state index is -0.147. The van der Waals surface area contributed by atoms with Crippen LogP contribution in [0.15, 0.2) is 101 Å². The van der Waals surface area contributed by atoms with E-state index in [1.807, 2.05) is 24.3 Å². The van der Waals surface area contributed by atoms with Gasteiger partial charge in [0.15, 0.2) is 5.57 Å². The first-order valence-corrected chi connectivity index (χ1v) is 11.0. The Kier molecular flexibility index (Phi) is 4.70. The molecule has 160 valence electrons. The second-order valence-electron chi connectivity index (χ2n) is 8.30. The number of benzene rings is 4. The Labute approximate surface area is 191 Å². The summed E-state index contributed by atoms with van der Waals surface area (Å²) in [5.41, 5.74) is 2.49. The molecule has 2 aliphatic rings. The molecule has 0 saturated carbocycles. The van der Waals surface area contributed by atoms with Crippen molar-refractivity contribution in [3.8, 4) is 6.07 Å². The minimum absolute atomic E-state index is 0.0359. The third-order valence-electron chi connectivity index (χ3n) is 6.24. The SMILES string of the molecule is N#C/C(C1=N[C@@H](c2ccc3ccccc3c2)CO1)=C1\N[C@@H](c2ccc3ccccc3c2)CO1. The number of nitrogens with one attached hydrogen (secondary N) is 1. The Balaban J connectivity index is 1.26. The highest BCUT2D eigenvalue weighted by Crippen LogP contribution is 2.31. The maximum atomic E-state index is 9.85. The molecule has 2 atom stereocenters. The van der Waals surface area contributed by atoms with Crippen LogP contribution in [0, 0.1) is 11.3 Å². The van der Waals surface area contributed by atoms with Gasteiger partial charge in [0.25, 0.3) is 0 Å². The van der Waals surface area contributed by atoms with Gasteiger partial charge in [-0.15, -0.1) is 0 Å². The number of ether oxygens (including phenoxy) is 2. The minimum Gasteiger partial charge on any atom is -0.476 e. The van der Waals surface area contributed by atoms with Crippen LogP contribution in [0.25, 0.3) is 21.5 Å². The summed E-state index contributed by atoms with van der Waals surface area (Å²) in [5.74, 6) is 0.755. The smallest absolute Gasteiger partial charge is 0.233 e. The summed E-state index contributed by atoms with van der Waals surface area (Å²) >= 11 is 0. The van der Waals surface area contributed by atoms with Gasteiger partial charge in [-0.3, -0.25) is 0 Å². The third-order valence-corrected chi connectivity index (χ3v) is 6.24. The van der Waals surface area contributed by atoms with Gasteiger partial charge in [-0.1, -0.05) is 72.8 Å². The maximum absolute atomic E-state index is 9.85. The fraction of sp³-hybridized carbons (Fsp3) is 0.143. The van der Waals surface area contributed by atoms with Crippen LogP contribution in [-0.4, -0.2) is 19.1 Å². The van der Waals surface area contributed by atoms with E-state index >= 15 is 0 Å². The van der Waals surface area contributed by atoms with Crippen molar-refractivity contribution in [3.05, 3.63) is 108 Å². The monoisotopic (exact) mass is 431 g/mol. The Bertz CT molecular complexity index is 1480. The molecule has 1 fully saturated rings. The van der Waals surface area contributed by atoms with Crippen LogP contribution >= 0.6 is 0 Å². The molecule has 4 aromatic rings. The van der Waals surface area contributed by atoms with Crippen LogP contribution in [0.1, 0.15) is 23.2 Å². The predicted octanol–water partition coefficient (Wildman–Crippen LogP) is 5.56. The van der Waals surface area contributed by atoms with Crippen LogP contribution in [0.2, 0.25) is 0 Å². The van der Waals surface area contributed by atoms with Gasteiger partial charge < -0.3 is 14.8 Å². The Morgan fingerprint density at radius 3 is 2.12 bits per heavy atom. The second kappa shape index (κ2) is 7.99. The molecule has 0 bridgehead atoms. The van der Waals surface area contributed by atoms with Crippen molar-refractivity contribution in [2.75, 3.05) is 13.2 Å². The number of aliphatic imine (C=N–C) groups is 1. The molecule has 1 saturated heterocycles. The first-order valence-electron chi connectivity index (χ1n) is 11.0. The van der Waals surface area contributed by atoms with Crippen molar-refractivity contribution >= 4 is 27.4 Å². The summed E-state index contributed by atoms with van der Waals surface area (Å²) in [5, 5.41) is 17.9. The van der Waals surface area contributed by atoms with Crippen LogP contribution in [0.4, 0.5) is 0 Å². The molecule has 5 heteroatoms. The van der Waals surface area contributed by atoms with Crippen molar-refractivity contribution < 1.29 is 9.47 Å². The highest BCUT2D eigenvalue weighted by molar-refractivity contribution is 5.99. The summed E-state index contributed by atoms with van der Waals surface area (Å²) in [7, 11) is 0. The Morgan fingerprint density at radius 1 is 0.788 bits per heavy atom. The lowest BCUT2D eigenvalue weighted by Crippen LogP contribution is -2.17. The van der Waals surface area contributed by atoms with Crippen LogP contribution < -0.4 is 5.32 Å². The van der Waals surface area contributed by atoms with Crippen molar-refractivity contribution in [2.24, 2.45) is 4.99 Å². The van der Waals surface area contributed by atoms with Gasteiger partial charge >= 0.3 is 0 Å². The molecule has 0 aliphatic carbocycles. The van der Waals surface area contributed by atoms with E-state index in [-0.39, 0.29) is 12.1 Å². The number of nitriles is 1.